The lowest BCUT2D eigenvalue weighted by Crippen LogP contribution is -2.28. The van der Waals surface area contributed by atoms with Crippen molar-refractivity contribution in [3.63, 3.8) is 0 Å². The Kier molecular flexibility index (Phi) is 4.85. The summed E-state index contributed by atoms with van der Waals surface area (Å²) < 4.78 is 4.80. The fourth-order valence-corrected chi connectivity index (χ4v) is 2.18. The number of carboxylic acids is 1. The van der Waals surface area contributed by atoms with Crippen LogP contribution in [0.25, 0.3) is 10.6 Å². The predicted octanol–water partition coefficient (Wildman–Crippen LogP) is 0.969. The van der Waals surface area contributed by atoms with E-state index in [4.69, 9.17) is 9.84 Å². The van der Waals surface area contributed by atoms with Crippen molar-refractivity contribution in [1.29, 1.82) is 0 Å². The van der Waals surface area contributed by atoms with E-state index in [1.54, 1.807) is 17.4 Å². The number of aromatic nitrogens is 2. The van der Waals surface area contributed by atoms with Crippen molar-refractivity contribution in [2.24, 2.45) is 0 Å². The van der Waals surface area contributed by atoms with Crippen molar-refractivity contribution in [1.82, 2.24) is 15.5 Å². The number of H-pyrrole nitrogens is 1. The highest BCUT2D eigenvalue weighted by Crippen LogP contribution is 2.22. The number of hydrogen-bond donors (Lipinski definition) is 3. The molecule has 0 saturated carbocycles. The van der Waals surface area contributed by atoms with Gasteiger partial charge in [0, 0.05) is 6.54 Å². The number of hydrogen-bond acceptors (Lipinski definition) is 5. The van der Waals surface area contributed by atoms with Gasteiger partial charge in [-0.2, -0.15) is 5.10 Å². The highest BCUT2D eigenvalue weighted by atomic mass is 32.1. The number of rotatable bonds is 7. The minimum Gasteiger partial charge on any atom is -0.480 e. The second-order valence-corrected chi connectivity index (χ2v) is 4.79. The first-order valence-corrected chi connectivity index (χ1v) is 6.72. The average molecular weight is 295 g/mol. The van der Waals surface area contributed by atoms with Crippen molar-refractivity contribution in [3.8, 4) is 10.6 Å². The third-order valence-corrected chi connectivity index (χ3v) is 3.26. The molecule has 7 nitrogen and oxygen atoms in total. The van der Waals surface area contributed by atoms with Crippen LogP contribution in [-0.2, 0) is 9.53 Å². The lowest BCUT2D eigenvalue weighted by molar-refractivity contribution is -0.142. The number of aromatic amines is 1. The summed E-state index contributed by atoms with van der Waals surface area (Å²) in [6.07, 6.45) is 0. The summed E-state index contributed by atoms with van der Waals surface area (Å²) in [5.41, 5.74) is 1.07. The van der Waals surface area contributed by atoms with Crippen LogP contribution in [0.1, 0.15) is 10.5 Å². The minimum atomic E-state index is -1.04. The Morgan fingerprint density at radius 2 is 2.35 bits per heavy atom. The summed E-state index contributed by atoms with van der Waals surface area (Å²) in [5.74, 6) is -1.37. The van der Waals surface area contributed by atoms with Crippen molar-refractivity contribution in [2.75, 3.05) is 19.8 Å². The summed E-state index contributed by atoms with van der Waals surface area (Å²) in [6, 6.07) is 5.51. The number of carboxylic acid groups (broad SMARTS) is 1. The van der Waals surface area contributed by atoms with Crippen molar-refractivity contribution in [2.45, 2.75) is 0 Å². The molecule has 106 valence electrons. The molecule has 8 heteroatoms. The molecular formula is C12H13N3O4S. The molecule has 0 aliphatic carbocycles. The van der Waals surface area contributed by atoms with Crippen LogP contribution in [0.4, 0.5) is 0 Å². The van der Waals surface area contributed by atoms with Crippen LogP contribution in [0.2, 0.25) is 0 Å². The zero-order valence-electron chi connectivity index (χ0n) is 10.5. The summed E-state index contributed by atoms with van der Waals surface area (Å²) in [5, 5.41) is 19.6. The van der Waals surface area contributed by atoms with E-state index < -0.39 is 5.97 Å². The summed E-state index contributed by atoms with van der Waals surface area (Å²) >= 11 is 1.55. The van der Waals surface area contributed by atoms with Gasteiger partial charge in [-0.05, 0) is 17.5 Å². The molecule has 20 heavy (non-hydrogen) atoms. The molecule has 2 aromatic heterocycles. The van der Waals surface area contributed by atoms with Gasteiger partial charge in [-0.3, -0.25) is 9.89 Å². The molecule has 2 heterocycles. The Hall–Kier alpha value is -2.19. The van der Waals surface area contributed by atoms with Crippen LogP contribution in [0, 0.1) is 0 Å². The van der Waals surface area contributed by atoms with E-state index in [0.29, 0.717) is 0 Å². The van der Waals surface area contributed by atoms with Gasteiger partial charge in [0.1, 0.15) is 6.61 Å². The van der Waals surface area contributed by atoms with Crippen LogP contribution in [0.5, 0.6) is 0 Å². The predicted molar refractivity (Wildman–Crippen MR) is 72.7 cm³/mol. The topological polar surface area (TPSA) is 104 Å². The van der Waals surface area contributed by atoms with E-state index in [9.17, 15) is 9.59 Å². The molecule has 0 bridgehead atoms. The smallest absolute Gasteiger partial charge is 0.329 e. The van der Waals surface area contributed by atoms with E-state index in [1.807, 2.05) is 17.5 Å². The van der Waals surface area contributed by atoms with Crippen LogP contribution >= 0.6 is 11.3 Å². The van der Waals surface area contributed by atoms with E-state index in [2.05, 4.69) is 15.5 Å². The Bertz CT molecular complexity index is 579. The highest BCUT2D eigenvalue weighted by Gasteiger charge is 2.11. The third-order valence-electron chi connectivity index (χ3n) is 2.35. The van der Waals surface area contributed by atoms with Gasteiger partial charge < -0.3 is 15.2 Å². The number of ether oxygens (including phenoxy) is 1. The molecule has 1 amide bonds. The van der Waals surface area contributed by atoms with E-state index in [-0.39, 0.29) is 31.4 Å². The van der Waals surface area contributed by atoms with Gasteiger partial charge in [-0.15, -0.1) is 11.3 Å². The molecule has 0 radical (unpaired) electrons. The molecule has 0 spiro atoms. The summed E-state index contributed by atoms with van der Waals surface area (Å²) in [6.45, 7) is -0.00560. The van der Waals surface area contributed by atoms with Crippen LogP contribution in [0.15, 0.2) is 23.6 Å². The van der Waals surface area contributed by atoms with Crippen LogP contribution in [0.3, 0.4) is 0 Å². The molecule has 0 atom stereocenters. The number of carbonyl (C=O) groups is 2. The van der Waals surface area contributed by atoms with Crippen molar-refractivity contribution in [3.05, 3.63) is 29.3 Å². The van der Waals surface area contributed by atoms with Gasteiger partial charge in [-0.1, -0.05) is 6.07 Å². The Morgan fingerprint density at radius 3 is 3.05 bits per heavy atom. The number of carbonyl (C=O) groups excluding carboxylic acids is 1. The Balaban J connectivity index is 1.80. The second kappa shape index (κ2) is 6.83. The average Bonchev–Trinajstić information content (AvgIpc) is 3.08. The van der Waals surface area contributed by atoms with Gasteiger partial charge in [0.15, 0.2) is 5.69 Å². The molecular weight excluding hydrogens is 282 g/mol. The van der Waals surface area contributed by atoms with Gasteiger partial charge in [0.05, 0.1) is 17.2 Å². The lowest BCUT2D eigenvalue weighted by Gasteiger charge is -2.02. The van der Waals surface area contributed by atoms with Gasteiger partial charge in [0.25, 0.3) is 5.91 Å². The maximum atomic E-state index is 11.8. The minimum absolute atomic E-state index is 0.139. The zero-order valence-corrected chi connectivity index (χ0v) is 11.3. The fourth-order valence-electron chi connectivity index (χ4n) is 1.48. The van der Waals surface area contributed by atoms with E-state index in [0.717, 1.165) is 10.6 Å². The summed E-state index contributed by atoms with van der Waals surface area (Å²) in [4.78, 5) is 23.0. The number of nitrogens with zero attached hydrogens (tertiary/aromatic N) is 1. The molecule has 0 fully saturated rings. The first kappa shape index (κ1) is 14.2. The standard InChI is InChI=1S/C12H13N3O4S/c16-11(17)7-19-4-3-13-12(18)9-6-8(14-15-9)10-2-1-5-20-10/h1-2,5-6H,3-4,7H2,(H,13,18)(H,14,15)(H,16,17). The van der Waals surface area contributed by atoms with Crippen LogP contribution < -0.4 is 5.32 Å². The number of amides is 1. The Morgan fingerprint density at radius 1 is 1.50 bits per heavy atom. The molecule has 0 aliphatic heterocycles. The Labute approximate surface area is 118 Å². The summed E-state index contributed by atoms with van der Waals surface area (Å²) in [7, 11) is 0. The first-order chi connectivity index (χ1) is 9.66. The quantitative estimate of drug-likeness (QED) is 0.660. The van der Waals surface area contributed by atoms with Gasteiger partial charge >= 0.3 is 5.97 Å². The van der Waals surface area contributed by atoms with Gasteiger partial charge in [-0.25, -0.2) is 4.79 Å². The van der Waals surface area contributed by atoms with Crippen molar-refractivity contribution >= 4 is 23.2 Å². The first-order valence-electron chi connectivity index (χ1n) is 5.84. The molecule has 0 unspecified atom stereocenters. The highest BCUT2D eigenvalue weighted by molar-refractivity contribution is 7.13. The van der Waals surface area contributed by atoms with Crippen LogP contribution in [-0.4, -0.2) is 46.9 Å². The maximum Gasteiger partial charge on any atom is 0.329 e. The molecule has 0 aromatic carbocycles. The van der Waals surface area contributed by atoms with E-state index >= 15 is 0 Å². The zero-order chi connectivity index (χ0) is 14.4. The third kappa shape index (κ3) is 3.90. The molecule has 2 rings (SSSR count). The number of nitrogens with one attached hydrogen (secondary N) is 2. The van der Waals surface area contributed by atoms with Crippen molar-refractivity contribution < 1.29 is 19.4 Å². The normalized spacial score (nSPS) is 10.4. The molecule has 0 saturated heterocycles. The SMILES string of the molecule is O=C(O)COCCNC(=O)c1cc(-c2cccs2)[nH]n1. The second-order valence-electron chi connectivity index (χ2n) is 3.85. The molecule has 2 aromatic rings. The molecule has 3 N–H and O–H groups in total. The van der Waals surface area contributed by atoms with E-state index in [1.165, 1.54) is 0 Å². The lowest BCUT2D eigenvalue weighted by atomic mass is 10.3. The molecule has 0 aliphatic rings. The van der Waals surface area contributed by atoms with Gasteiger partial charge in [0.2, 0.25) is 0 Å². The maximum absolute atomic E-state index is 11.8. The largest absolute Gasteiger partial charge is 0.480 e. The number of aliphatic carboxylic acids is 1. The monoisotopic (exact) mass is 295 g/mol. The fraction of sp³-hybridized carbons (Fsp3) is 0.250. The number of thiophene rings is 1.